The van der Waals surface area contributed by atoms with E-state index in [1.54, 1.807) is 0 Å². The van der Waals surface area contributed by atoms with E-state index in [9.17, 15) is 19.8 Å². The van der Waals surface area contributed by atoms with Gasteiger partial charge in [-0.05, 0) is 57.0 Å². The van der Waals surface area contributed by atoms with Crippen LogP contribution in [0.5, 0.6) is 0 Å². The van der Waals surface area contributed by atoms with Crippen LogP contribution in [0.2, 0.25) is 0 Å². The van der Waals surface area contributed by atoms with Gasteiger partial charge in [0.15, 0.2) is 0 Å². The van der Waals surface area contributed by atoms with Crippen LogP contribution in [0, 0.1) is 46.3 Å². The molecule has 8 atom stereocenters. The molecule has 6 rings (SSSR count). The molecule has 0 amide bonds. The van der Waals surface area contributed by atoms with Crippen LogP contribution in [0.3, 0.4) is 0 Å². The van der Waals surface area contributed by atoms with Crippen molar-refractivity contribution in [1.29, 1.82) is 0 Å². The van der Waals surface area contributed by atoms with Gasteiger partial charge in [0.2, 0.25) is 0 Å². The molecular weight excluding hydrogens is 542 g/mol. The lowest BCUT2D eigenvalue weighted by molar-refractivity contribution is -0.185. The SMILES string of the molecule is COC(=O)C12C3C(O)=C(I)C4C3C3C(C(O)=C(I)C31)C42C(=O)OC. The van der Waals surface area contributed by atoms with Crippen LogP contribution < -0.4 is 0 Å². The number of allylic oxidation sites excluding steroid dienone is 4. The number of ether oxygens (including phenoxy) is 2. The first-order valence-corrected chi connectivity index (χ1v) is 9.84. The van der Waals surface area contributed by atoms with Crippen LogP contribution in [0.15, 0.2) is 18.7 Å². The number of esters is 2. The molecule has 6 nitrogen and oxygen atoms in total. The highest BCUT2D eigenvalue weighted by Crippen LogP contribution is 2.94. The largest absolute Gasteiger partial charge is 0.511 e. The van der Waals surface area contributed by atoms with Gasteiger partial charge in [-0.1, -0.05) is 0 Å². The minimum atomic E-state index is -1.17. The average molecular weight is 556 g/mol. The zero-order chi connectivity index (χ0) is 17.3. The molecule has 8 heteroatoms. The van der Waals surface area contributed by atoms with Crippen LogP contribution in [0.25, 0.3) is 0 Å². The molecule has 6 aliphatic rings. The maximum Gasteiger partial charge on any atom is 0.314 e. The molecule has 0 heterocycles. The third-order valence-corrected chi connectivity index (χ3v) is 9.75. The lowest BCUT2D eigenvalue weighted by Crippen LogP contribution is -2.60. The predicted molar refractivity (Wildman–Crippen MR) is 97.2 cm³/mol. The Morgan fingerprint density at radius 1 is 0.833 bits per heavy atom. The number of hydrogen-bond acceptors (Lipinski definition) is 6. The Labute approximate surface area is 164 Å². The number of aliphatic hydroxyl groups is 2. The van der Waals surface area contributed by atoms with Gasteiger partial charge in [-0.25, -0.2) is 0 Å². The van der Waals surface area contributed by atoms with E-state index in [1.807, 2.05) is 0 Å². The number of carbonyl (C=O) groups is 2. The molecule has 6 aliphatic carbocycles. The van der Waals surface area contributed by atoms with Crippen molar-refractivity contribution >= 4 is 57.1 Å². The smallest absolute Gasteiger partial charge is 0.314 e. The molecule has 0 aliphatic heterocycles. The van der Waals surface area contributed by atoms with Crippen molar-refractivity contribution < 1.29 is 29.3 Å². The van der Waals surface area contributed by atoms with Crippen molar-refractivity contribution in [2.24, 2.45) is 46.3 Å². The third-order valence-electron chi connectivity index (χ3n) is 7.30. The summed E-state index contributed by atoms with van der Waals surface area (Å²) in [6, 6.07) is 0. The Morgan fingerprint density at radius 2 is 1.17 bits per heavy atom. The summed E-state index contributed by atoms with van der Waals surface area (Å²) in [5.74, 6) is -2.00. The van der Waals surface area contributed by atoms with Gasteiger partial charge in [-0.2, -0.15) is 0 Å². The van der Waals surface area contributed by atoms with Crippen molar-refractivity contribution in [3.05, 3.63) is 18.7 Å². The Morgan fingerprint density at radius 3 is 1.46 bits per heavy atom. The minimum Gasteiger partial charge on any atom is -0.511 e. The fraction of sp³-hybridized carbons (Fsp3) is 0.625. The maximum atomic E-state index is 13.1. The summed E-state index contributed by atoms with van der Waals surface area (Å²) in [4.78, 5) is 26.1. The molecule has 0 aromatic carbocycles. The summed E-state index contributed by atoms with van der Waals surface area (Å²) >= 11 is 4.15. The van der Waals surface area contributed by atoms with E-state index in [4.69, 9.17) is 9.47 Å². The molecule has 4 saturated carbocycles. The second-order valence-corrected chi connectivity index (χ2v) is 9.58. The van der Waals surface area contributed by atoms with Gasteiger partial charge < -0.3 is 19.7 Å². The second-order valence-electron chi connectivity index (χ2n) is 7.25. The summed E-state index contributed by atoms with van der Waals surface area (Å²) < 4.78 is 11.8. The number of carbonyl (C=O) groups excluding carboxylic acids is 2. The van der Waals surface area contributed by atoms with Gasteiger partial charge in [0, 0.05) is 30.8 Å². The molecule has 2 N–H and O–H groups in total. The number of halogens is 2. The van der Waals surface area contributed by atoms with Gasteiger partial charge in [0.25, 0.3) is 0 Å². The van der Waals surface area contributed by atoms with Crippen molar-refractivity contribution in [2.45, 2.75) is 0 Å². The summed E-state index contributed by atoms with van der Waals surface area (Å²) in [7, 11) is 2.63. The molecule has 0 aromatic rings. The highest BCUT2D eigenvalue weighted by atomic mass is 127. The molecule has 8 bridgehead atoms. The van der Waals surface area contributed by atoms with Crippen LogP contribution in [-0.2, 0) is 19.1 Å². The Bertz CT molecular complexity index is 692. The van der Waals surface area contributed by atoms with Crippen LogP contribution in [0.1, 0.15) is 0 Å². The van der Waals surface area contributed by atoms with Gasteiger partial charge in [-0.3, -0.25) is 9.59 Å². The normalized spacial score (nSPS) is 52.0. The monoisotopic (exact) mass is 556 g/mol. The van der Waals surface area contributed by atoms with E-state index in [0.717, 1.165) is 7.16 Å². The highest BCUT2D eigenvalue weighted by molar-refractivity contribution is 14.1. The Kier molecular flexibility index (Phi) is 2.77. The number of methoxy groups -OCH3 is 2. The molecule has 0 radical (unpaired) electrons. The lowest BCUT2D eigenvalue weighted by Gasteiger charge is -2.50. The topological polar surface area (TPSA) is 93.1 Å². The zero-order valence-corrected chi connectivity index (χ0v) is 17.1. The maximum absolute atomic E-state index is 13.1. The number of rotatable bonds is 2. The molecule has 0 saturated heterocycles. The van der Waals surface area contributed by atoms with E-state index in [-0.39, 0.29) is 35.2 Å². The van der Waals surface area contributed by atoms with Gasteiger partial charge in [-0.15, -0.1) is 0 Å². The van der Waals surface area contributed by atoms with Crippen LogP contribution in [-0.4, -0.2) is 36.4 Å². The first-order valence-electron chi connectivity index (χ1n) is 7.68. The fourth-order valence-electron chi connectivity index (χ4n) is 7.24. The molecule has 24 heavy (non-hydrogen) atoms. The summed E-state index contributed by atoms with van der Waals surface area (Å²) in [5.41, 5.74) is -2.33. The second kappa shape index (κ2) is 4.24. The average Bonchev–Trinajstić information content (AvgIpc) is 3.32. The van der Waals surface area contributed by atoms with E-state index < -0.39 is 34.6 Å². The lowest BCUT2D eigenvalue weighted by atomic mass is 9.52. The fourth-order valence-corrected chi connectivity index (χ4v) is 9.72. The van der Waals surface area contributed by atoms with Crippen molar-refractivity contribution in [3.8, 4) is 0 Å². The quantitative estimate of drug-likeness (QED) is 0.402. The molecule has 4 fully saturated rings. The Hall–Kier alpha value is -0.520. The molecule has 0 aromatic heterocycles. The molecule has 128 valence electrons. The molecule has 8 unspecified atom stereocenters. The minimum absolute atomic E-state index is 0.0282. The van der Waals surface area contributed by atoms with E-state index >= 15 is 0 Å². The van der Waals surface area contributed by atoms with Crippen LogP contribution >= 0.6 is 45.2 Å². The highest BCUT2D eigenvalue weighted by Gasteiger charge is 2.99. The van der Waals surface area contributed by atoms with E-state index in [1.165, 1.54) is 14.2 Å². The van der Waals surface area contributed by atoms with Gasteiger partial charge in [0.1, 0.15) is 22.3 Å². The number of aliphatic hydroxyl groups excluding tert-OH is 2. The van der Waals surface area contributed by atoms with Crippen molar-refractivity contribution in [2.75, 3.05) is 14.2 Å². The molecular formula is C16H14I2O6. The first kappa shape index (κ1) is 15.7. The third kappa shape index (κ3) is 1.05. The summed E-state index contributed by atoms with van der Waals surface area (Å²) in [5, 5.41) is 21.4. The van der Waals surface area contributed by atoms with Gasteiger partial charge in [0.05, 0.1) is 14.2 Å². The van der Waals surface area contributed by atoms with Gasteiger partial charge >= 0.3 is 11.9 Å². The van der Waals surface area contributed by atoms with Crippen molar-refractivity contribution in [3.63, 3.8) is 0 Å². The predicted octanol–water partition coefficient (Wildman–Crippen LogP) is 2.48. The van der Waals surface area contributed by atoms with Crippen molar-refractivity contribution in [1.82, 2.24) is 0 Å². The summed E-state index contributed by atoms with van der Waals surface area (Å²) in [6.45, 7) is 0. The zero-order valence-electron chi connectivity index (χ0n) is 12.7. The Balaban J connectivity index is 1.91. The standard InChI is InChI=1S/C16H14I2O6/c1-23-13(21)15-5-3-4-6(10(18)11(19)7(4)15)16(15,14(22)24-2)8(3)12(20)9(5)17/h3-8,19-20H,1-2H3. The van der Waals surface area contributed by atoms with Crippen LogP contribution in [0.4, 0.5) is 0 Å². The van der Waals surface area contributed by atoms with E-state index in [0.29, 0.717) is 0 Å². The molecule has 0 spiro atoms. The summed E-state index contributed by atoms with van der Waals surface area (Å²) in [6.07, 6.45) is 0. The van der Waals surface area contributed by atoms with E-state index in [2.05, 4.69) is 45.2 Å². The number of hydrogen-bond donors (Lipinski definition) is 2. The first-order chi connectivity index (χ1) is 11.3.